The Balaban J connectivity index is 2.18. The maximum absolute atomic E-state index is 4.64. The predicted octanol–water partition coefficient (Wildman–Crippen LogP) is 5.23. The summed E-state index contributed by atoms with van der Waals surface area (Å²) in [5.41, 5.74) is 3.91. The van der Waals surface area contributed by atoms with E-state index in [1.54, 1.807) is 6.20 Å². The van der Waals surface area contributed by atoms with Gasteiger partial charge in [0.2, 0.25) is 0 Å². The van der Waals surface area contributed by atoms with E-state index < -0.39 is 0 Å². The van der Waals surface area contributed by atoms with E-state index in [-0.39, 0.29) is 5.41 Å². The minimum atomic E-state index is -0.00699. The highest BCUT2D eigenvalue weighted by Gasteiger charge is 2.35. The Labute approximate surface area is 139 Å². The lowest BCUT2D eigenvalue weighted by Crippen LogP contribution is -2.43. The molecule has 2 aliphatic rings. The molecule has 2 heteroatoms. The van der Waals surface area contributed by atoms with Gasteiger partial charge in [0, 0.05) is 35.3 Å². The van der Waals surface area contributed by atoms with Crippen molar-refractivity contribution in [2.45, 2.75) is 26.2 Å². The number of nitrogens with zero attached hydrogens (tertiary/aromatic N) is 2. The molecule has 1 atom stereocenters. The molecule has 0 spiro atoms. The van der Waals surface area contributed by atoms with Crippen molar-refractivity contribution in [2.75, 3.05) is 11.4 Å². The van der Waals surface area contributed by atoms with Gasteiger partial charge in [0.1, 0.15) is 5.84 Å². The third-order valence-electron chi connectivity index (χ3n) is 4.61. The molecule has 1 aliphatic heterocycles. The second-order valence-electron chi connectivity index (χ2n) is 6.81. The molecular formula is C21H24N2. The van der Waals surface area contributed by atoms with Crippen molar-refractivity contribution >= 4 is 11.5 Å². The fraction of sp³-hybridized carbons (Fsp3) is 0.286. The molecule has 0 fully saturated rings. The molecule has 1 heterocycles. The van der Waals surface area contributed by atoms with Crippen LogP contribution in [0.25, 0.3) is 0 Å². The van der Waals surface area contributed by atoms with Gasteiger partial charge in [0.05, 0.1) is 0 Å². The smallest absolute Gasteiger partial charge is 0.136 e. The Morgan fingerprint density at radius 1 is 1.30 bits per heavy atom. The van der Waals surface area contributed by atoms with Crippen molar-refractivity contribution in [2.24, 2.45) is 10.4 Å². The van der Waals surface area contributed by atoms with Crippen LogP contribution >= 0.6 is 0 Å². The molecule has 1 aliphatic carbocycles. The lowest BCUT2D eigenvalue weighted by molar-refractivity contribution is 0.492. The molecular weight excluding hydrogens is 280 g/mol. The fourth-order valence-corrected chi connectivity index (χ4v) is 3.32. The third-order valence-corrected chi connectivity index (χ3v) is 4.61. The summed E-state index contributed by atoms with van der Waals surface area (Å²) >= 11 is 0. The first kappa shape index (κ1) is 15.5. The summed E-state index contributed by atoms with van der Waals surface area (Å²) in [6, 6.07) is 8.67. The summed E-state index contributed by atoms with van der Waals surface area (Å²) in [5.74, 6) is 1.40. The van der Waals surface area contributed by atoms with Gasteiger partial charge in [-0.2, -0.15) is 0 Å². The number of allylic oxidation sites excluding steroid dienone is 3. The van der Waals surface area contributed by atoms with Crippen LogP contribution in [0.2, 0.25) is 0 Å². The molecule has 0 saturated carbocycles. The summed E-state index contributed by atoms with van der Waals surface area (Å²) in [7, 11) is 0. The average Bonchev–Trinajstić information content (AvgIpc) is 2.58. The number of fused-ring (bicyclic) bond motifs is 3. The maximum atomic E-state index is 4.64. The van der Waals surface area contributed by atoms with E-state index in [2.05, 4.69) is 79.4 Å². The van der Waals surface area contributed by atoms with Crippen molar-refractivity contribution in [1.82, 2.24) is 0 Å². The van der Waals surface area contributed by atoms with E-state index in [1.165, 1.54) is 16.8 Å². The molecule has 0 bridgehead atoms. The van der Waals surface area contributed by atoms with Gasteiger partial charge in [-0.3, -0.25) is 0 Å². The van der Waals surface area contributed by atoms with E-state index in [0.717, 1.165) is 18.8 Å². The number of benzene rings is 1. The Morgan fingerprint density at radius 3 is 2.83 bits per heavy atom. The van der Waals surface area contributed by atoms with E-state index in [9.17, 15) is 0 Å². The third kappa shape index (κ3) is 2.81. The van der Waals surface area contributed by atoms with Crippen LogP contribution in [-0.4, -0.2) is 12.4 Å². The van der Waals surface area contributed by atoms with Gasteiger partial charge in [-0.1, -0.05) is 62.9 Å². The molecule has 0 saturated heterocycles. The van der Waals surface area contributed by atoms with Crippen molar-refractivity contribution in [3.63, 3.8) is 0 Å². The highest BCUT2D eigenvalue weighted by molar-refractivity contribution is 6.14. The van der Waals surface area contributed by atoms with Crippen LogP contribution in [0.1, 0.15) is 31.7 Å². The summed E-state index contributed by atoms with van der Waals surface area (Å²) in [6.45, 7) is 13.1. The first-order chi connectivity index (χ1) is 11.1. The number of rotatable bonds is 4. The summed E-state index contributed by atoms with van der Waals surface area (Å²) in [5, 5.41) is 0. The second-order valence-corrected chi connectivity index (χ2v) is 6.81. The van der Waals surface area contributed by atoms with Crippen molar-refractivity contribution in [1.29, 1.82) is 0 Å². The average molecular weight is 304 g/mol. The second kappa shape index (κ2) is 6.04. The Hall–Kier alpha value is -2.35. The molecule has 1 aromatic rings. The zero-order chi connectivity index (χ0) is 16.4. The monoisotopic (exact) mass is 304 g/mol. The zero-order valence-electron chi connectivity index (χ0n) is 14.0. The van der Waals surface area contributed by atoms with Gasteiger partial charge in [-0.15, -0.1) is 6.58 Å². The van der Waals surface area contributed by atoms with Gasteiger partial charge in [-0.25, -0.2) is 4.99 Å². The highest BCUT2D eigenvalue weighted by atomic mass is 15.2. The summed E-state index contributed by atoms with van der Waals surface area (Å²) in [6.07, 6.45) is 11.3. The van der Waals surface area contributed by atoms with Crippen LogP contribution in [0, 0.1) is 5.41 Å². The summed E-state index contributed by atoms with van der Waals surface area (Å²) in [4.78, 5) is 6.96. The van der Waals surface area contributed by atoms with Crippen LogP contribution in [0.4, 0.5) is 5.69 Å². The Kier molecular flexibility index (Phi) is 4.08. The van der Waals surface area contributed by atoms with Gasteiger partial charge in [0.25, 0.3) is 0 Å². The lowest BCUT2D eigenvalue weighted by atomic mass is 9.79. The number of aliphatic imine (C=N–C) groups is 1. The molecule has 3 rings (SSSR count). The fourth-order valence-electron chi connectivity index (χ4n) is 3.32. The van der Waals surface area contributed by atoms with Crippen LogP contribution < -0.4 is 4.90 Å². The molecule has 0 radical (unpaired) electrons. The molecule has 1 aromatic carbocycles. The van der Waals surface area contributed by atoms with Crippen LogP contribution in [0.15, 0.2) is 78.5 Å². The summed E-state index contributed by atoms with van der Waals surface area (Å²) < 4.78 is 0. The number of hydrogen-bond donors (Lipinski definition) is 0. The molecule has 1 unspecified atom stereocenters. The molecule has 0 N–H and O–H groups in total. The molecule has 118 valence electrons. The molecule has 2 nitrogen and oxygen atoms in total. The van der Waals surface area contributed by atoms with E-state index >= 15 is 0 Å². The Morgan fingerprint density at radius 2 is 2.09 bits per heavy atom. The van der Waals surface area contributed by atoms with Gasteiger partial charge >= 0.3 is 0 Å². The number of hydrogen-bond acceptors (Lipinski definition) is 1. The first-order valence-electron chi connectivity index (χ1n) is 8.13. The minimum absolute atomic E-state index is 0.00699. The van der Waals surface area contributed by atoms with Crippen LogP contribution in [0.5, 0.6) is 0 Å². The van der Waals surface area contributed by atoms with Gasteiger partial charge in [0.15, 0.2) is 0 Å². The molecule has 0 amide bonds. The van der Waals surface area contributed by atoms with Gasteiger partial charge < -0.3 is 4.90 Å². The molecule has 0 aromatic heterocycles. The highest BCUT2D eigenvalue weighted by Crippen LogP contribution is 2.44. The van der Waals surface area contributed by atoms with Gasteiger partial charge in [-0.05, 0) is 18.1 Å². The van der Waals surface area contributed by atoms with Crippen LogP contribution in [0.3, 0.4) is 0 Å². The van der Waals surface area contributed by atoms with Crippen molar-refractivity contribution in [3.8, 4) is 0 Å². The van der Waals surface area contributed by atoms with Crippen molar-refractivity contribution in [3.05, 3.63) is 79.1 Å². The van der Waals surface area contributed by atoms with E-state index in [0.29, 0.717) is 5.92 Å². The number of amidine groups is 1. The standard InChI is InChI=1S/C21H24N2/c1-5-21(3,4)15-23-19-14-10-9-12-17(19)16-11-7-8-13-18(16)20(23)22-6-2/h5-10,12-14,16H,1-2,11,15H2,3-4H3. The normalized spacial score (nSPS) is 21.5. The van der Waals surface area contributed by atoms with Crippen LogP contribution in [-0.2, 0) is 0 Å². The van der Waals surface area contributed by atoms with Crippen molar-refractivity contribution < 1.29 is 0 Å². The largest absolute Gasteiger partial charge is 0.325 e. The number of para-hydroxylation sites is 1. The zero-order valence-corrected chi connectivity index (χ0v) is 14.0. The topological polar surface area (TPSA) is 15.6 Å². The first-order valence-corrected chi connectivity index (χ1v) is 8.13. The number of anilines is 1. The quantitative estimate of drug-likeness (QED) is 0.695. The Bertz CT molecular complexity index is 719. The SMILES string of the molecule is C=CN=C1C2=CC=CCC2c2ccccc2N1CC(C)(C)C=C. The maximum Gasteiger partial charge on any atom is 0.136 e. The minimum Gasteiger partial charge on any atom is -0.325 e. The molecule has 23 heavy (non-hydrogen) atoms. The lowest BCUT2D eigenvalue weighted by Gasteiger charge is -2.42. The van der Waals surface area contributed by atoms with E-state index in [1.807, 2.05) is 6.08 Å². The predicted molar refractivity (Wildman–Crippen MR) is 100.0 cm³/mol. The van der Waals surface area contributed by atoms with E-state index in [4.69, 9.17) is 0 Å².